The van der Waals surface area contributed by atoms with Gasteiger partial charge < -0.3 is 9.47 Å². The molecule has 0 N–H and O–H groups in total. The molecule has 1 fully saturated rings. The molecule has 0 amide bonds. The number of ether oxygens (including phenoxy) is 2. The predicted molar refractivity (Wildman–Crippen MR) is 82.1 cm³/mol. The van der Waals surface area contributed by atoms with Crippen LogP contribution in [-0.4, -0.2) is 30.2 Å². The standard InChI is InChI=1S/C17H18N2O3/c1-10-16(21-2)15(13(9-19-10)17(20)22-3)12-6-7-18-14(8-12)11-4-5-11/h6-9,11H,4-5H2,1-3H3. The Morgan fingerprint density at radius 1 is 1.27 bits per heavy atom. The van der Waals surface area contributed by atoms with Crippen LogP contribution < -0.4 is 4.74 Å². The quantitative estimate of drug-likeness (QED) is 0.812. The van der Waals surface area contributed by atoms with Gasteiger partial charge in [-0.3, -0.25) is 9.97 Å². The van der Waals surface area contributed by atoms with Crippen molar-refractivity contribution in [3.05, 3.63) is 41.5 Å². The first-order valence-electron chi connectivity index (χ1n) is 7.24. The third kappa shape index (κ3) is 2.54. The van der Waals surface area contributed by atoms with Crippen LogP contribution in [0.25, 0.3) is 11.1 Å². The van der Waals surface area contributed by atoms with Crippen molar-refractivity contribution in [2.75, 3.05) is 14.2 Å². The molecule has 0 aromatic carbocycles. The lowest BCUT2D eigenvalue weighted by atomic mass is 9.99. The van der Waals surface area contributed by atoms with Crippen LogP contribution >= 0.6 is 0 Å². The van der Waals surface area contributed by atoms with E-state index in [0.29, 0.717) is 22.8 Å². The normalized spacial score (nSPS) is 13.8. The number of pyridine rings is 2. The average Bonchev–Trinajstić information content (AvgIpc) is 3.38. The molecule has 2 aromatic heterocycles. The Morgan fingerprint density at radius 2 is 2.05 bits per heavy atom. The van der Waals surface area contributed by atoms with Crippen LogP contribution in [0.4, 0.5) is 0 Å². The fourth-order valence-electron chi connectivity index (χ4n) is 2.60. The number of hydrogen-bond acceptors (Lipinski definition) is 5. The molecule has 114 valence electrons. The minimum atomic E-state index is -0.425. The summed E-state index contributed by atoms with van der Waals surface area (Å²) in [6, 6.07) is 3.91. The van der Waals surface area contributed by atoms with E-state index in [4.69, 9.17) is 9.47 Å². The molecule has 2 aromatic rings. The fraction of sp³-hybridized carbons (Fsp3) is 0.353. The molecule has 1 aliphatic carbocycles. The first-order valence-corrected chi connectivity index (χ1v) is 7.24. The van der Waals surface area contributed by atoms with E-state index in [1.165, 1.54) is 26.1 Å². The van der Waals surface area contributed by atoms with E-state index in [1.807, 2.05) is 19.1 Å². The van der Waals surface area contributed by atoms with Crippen LogP contribution in [0.2, 0.25) is 0 Å². The van der Waals surface area contributed by atoms with Gasteiger partial charge in [-0.1, -0.05) is 0 Å². The highest BCUT2D eigenvalue weighted by atomic mass is 16.5. The molecule has 0 aliphatic heterocycles. The summed E-state index contributed by atoms with van der Waals surface area (Å²) in [5.74, 6) is 0.705. The van der Waals surface area contributed by atoms with Gasteiger partial charge in [-0.25, -0.2) is 4.79 Å². The van der Waals surface area contributed by atoms with E-state index in [-0.39, 0.29) is 0 Å². The van der Waals surface area contributed by atoms with E-state index in [1.54, 1.807) is 13.3 Å². The molecule has 0 saturated heterocycles. The van der Waals surface area contributed by atoms with Gasteiger partial charge in [-0.05, 0) is 37.5 Å². The van der Waals surface area contributed by atoms with E-state index in [9.17, 15) is 4.79 Å². The van der Waals surface area contributed by atoms with Crippen molar-refractivity contribution in [1.29, 1.82) is 0 Å². The molecule has 0 radical (unpaired) electrons. The fourth-order valence-corrected chi connectivity index (χ4v) is 2.60. The summed E-state index contributed by atoms with van der Waals surface area (Å²) in [6.45, 7) is 1.85. The van der Waals surface area contributed by atoms with Crippen LogP contribution in [0.3, 0.4) is 0 Å². The summed E-state index contributed by atoms with van der Waals surface area (Å²) in [4.78, 5) is 20.7. The highest BCUT2D eigenvalue weighted by Crippen LogP contribution is 2.41. The highest BCUT2D eigenvalue weighted by Gasteiger charge is 2.26. The van der Waals surface area contributed by atoms with Crippen molar-refractivity contribution in [3.8, 4) is 16.9 Å². The van der Waals surface area contributed by atoms with Gasteiger partial charge in [0.2, 0.25) is 0 Å². The topological polar surface area (TPSA) is 61.3 Å². The Labute approximate surface area is 129 Å². The maximum absolute atomic E-state index is 12.1. The van der Waals surface area contributed by atoms with E-state index in [2.05, 4.69) is 9.97 Å². The number of rotatable bonds is 4. The molecule has 2 heterocycles. The number of methoxy groups -OCH3 is 2. The molecule has 0 bridgehead atoms. The maximum atomic E-state index is 12.1. The molecular weight excluding hydrogens is 280 g/mol. The van der Waals surface area contributed by atoms with Gasteiger partial charge in [0.05, 0.1) is 25.5 Å². The Bertz CT molecular complexity index is 724. The lowest BCUT2D eigenvalue weighted by Crippen LogP contribution is -2.07. The first kappa shape index (κ1) is 14.5. The van der Waals surface area contributed by atoms with Gasteiger partial charge in [0.15, 0.2) is 0 Å². The van der Waals surface area contributed by atoms with Gasteiger partial charge in [0.25, 0.3) is 0 Å². The SMILES string of the molecule is COC(=O)c1cnc(C)c(OC)c1-c1ccnc(C2CC2)c1. The number of hydrogen-bond donors (Lipinski definition) is 0. The molecule has 0 spiro atoms. The first-order chi connectivity index (χ1) is 10.7. The zero-order valence-electron chi connectivity index (χ0n) is 12.9. The van der Waals surface area contributed by atoms with Gasteiger partial charge in [0.1, 0.15) is 5.75 Å². The smallest absolute Gasteiger partial charge is 0.340 e. The minimum Gasteiger partial charge on any atom is -0.494 e. The Morgan fingerprint density at radius 3 is 2.68 bits per heavy atom. The molecular formula is C17H18N2O3. The zero-order chi connectivity index (χ0) is 15.7. The lowest BCUT2D eigenvalue weighted by Gasteiger charge is -2.15. The third-order valence-electron chi connectivity index (χ3n) is 3.89. The predicted octanol–water partition coefficient (Wildman–Crippen LogP) is 3.12. The van der Waals surface area contributed by atoms with Crippen LogP contribution in [0, 0.1) is 6.92 Å². The maximum Gasteiger partial charge on any atom is 0.340 e. The van der Waals surface area contributed by atoms with Gasteiger partial charge >= 0.3 is 5.97 Å². The zero-order valence-corrected chi connectivity index (χ0v) is 12.9. The molecule has 0 unspecified atom stereocenters. The van der Waals surface area contributed by atoms with Crippen molar-refractivity contribution in [1.82, 2.24) is 9.97 Å². The van der Waals surface area contributed by atoms with Crippen molar-refractivity contribution in [2.45, 2.75) is 25.7 Å². The number of aryl methyl sites for hydroxylation is 1. The van der Waals surface area contributed by atoms with Crippen LogP contribution in [0.1, 0.15) is 40.5 Å². The summed E-state index contributed by atoms with van der Waals surface area (Å²) < 4.78 is 10.4. The van der Waals surface area contributed by atoms with Crippen LogP contribution in [0.5, 0.6) is 5.75 Å². The highest BCUT2D eigenvalue weighted by molar-refractivity contribution is 5.99. The second kappa shape index (κ2) is 5.75. The van der Waals surface area contributed by atoms with Gasteiger partial charge in [-0.15, -0.1) is 0 Å². The Hall–Kier alpha value is -2.43. The van der Waals surface area contributed by atoms with Crippen LogP contribution in [0.15, 0.2) is 24.5 Å². The molecule has 0 atom stereocenters. The Kier molecular flexibility index (Phi) is 3.79. The molecule has 5 heteroatoms. The monoisotopic (exact) mass is 298 g/mol. The van der Waals surface area contributed by atoms with Crippen LogP contribution in [-0.2, 0) is 4.74 Å². The molecule has 5 nitrogen and oxygen atoms in total. The largest absolute Gasteiger partial charge is 0.494 e. The summed E-state index contributed by atoms with van der Waals surface area (Å²) in [7, 11) is 2.94. The van der Waals surface area contributed by atoms with Gasteiger partial charge in [-0.2, -0.15) is 0 Å². The molecule has 3 rings (SSSR count). The van der Waals surface area contributed by atoms with E-state index >= 15 is 0 Å². The lowest BCUT2D eigenvalue weighted by molar-refractivity contribution is 0.0600. The van der Waals surface area contributed by atoms with Crippen molar-refractivity contribution < 1.29 is 14.3 Å². The molecule has 1 aliphatic rings. The van der Waals surface area contributed by atoms with Gasteiger partial charge in [0, 0.05) is 29.6 Å². The summed E-state index contributed by atoms with van der Waals surface area (Å²) in [5.41, 5.74) is 3.81. The number of nitrogens with zero attached hydrogens (tertiary/aromatic N) is 2. The molecule has 1 saturated carbocycles. The Balaban J connectivity index is 2.20. The number of aromatic nitrogens is 2. The number of carbonyl (C=O) groups is 1. The second-order valence-corrected chi connectivity index (χ2v) is 5.40. The second-order valence-electron chi connectivity index (χ2n) is 5.40. The van der Waals surface area contributed by atoms with E-state index < -0.39 is 5.97 Å². The summed E-state index contributed by atoms with van der Waals surface area (Å²) in [6.07, 6.45) is 5.66. The minimum absolute atomic E-state index is 0.401. The van der Waals surface area contributed by atoms with Crippen molar-refractivity contribution in [2.24, 2.45) is 0 Å². The number of esters is 1. The average molecular weight is 298 g/mol. The van der Waals surface area contributed by atoms with E-state index in [0.717, 1.165) is 17.0 Å². The third-order valence-corrected chi connectivity index (χ3v) is 3.89. The van der Waals surface area contributed by atoms with Crippen molar-refractivity contribution >= 4 is 5.97 Å². The summed E-state index contributed by atoms with van der Waals surface area (Å²) >= 11 is 0. The number of carbonyl (C=O) groups excluding carboxylic acids is 1. The molecule has 22 heavy (non-hydrogen) atoms. The van der Waals surface area contributed by atoms with Crippen molar-refractivity contribution in [3.63, 3.8) is 0 Å². The summed E-state index contributed by atoms with van der Waals surface area (Å²) in [5, 5.41) is 0.